The Morgan fingerprint density at radius 1 is 1.44 bits per heavy atom. The molecular formula is C18H25N5O2. The standard InChI is InChI=1S/C18H25N5O2/c1-19-17-12-15(4-6-21-17)2-3-16-13-23(10-11-25-16)18(24)5-8-22-9-7-20-14-22/h4,6-7,9,12,14,16H,2-3,5,8,10-11,13H2,1H3,(H,19,21)/t16-/m1/s1. The Balaban J connectivity index is 1.46. The van der Waals surface area contributed by atoms with Gasteiger partial charge in [0.2, 0.25) is 5.91 Å². The van der Waals surface area contributed by atoms with Gasteiger partial charge in [-0.25, -0.2) is 9.97 Å². The second-order valence-corrected chi connectivity index (χ2v) is 6.22. The SMILES string of the molecule is CNc1cc(CC[C@@H]2CN(C(=O)CCn3ccnc3)CCO2)ccn1. The zero-order valence-corrected chi connectivity index (χ0v) is 14.6. The Bertz CT molecular complexity index is 674. The van der Waals surface area contributed by atoms with Crippen molar-refractivity contribution >= 4 is 11.7 Å². The Hall–Kier alpha value is -2.41. The van der Waals surface area contributed by atoms with Gasteiger partial charge in [-0.1, -0.05) is 0 Å². The van der Waals surface area contributed by atoms with Gasteiger partial charge >= 0.3 is 0 Å². The first-order valence-corrected chi connectivity index (χ1v) is 8.72. The molecule has 0 aromatic carbocycles. The quantitative estimate of drug-likeness (QED) is 0.826. The molecule has 1 aliphatic rings. The third-order valence-electron chi connectivity index (χ3n) is 4.47. The minimum absolute atomic E-state index is 0.0946. The average Bonchev–Trinajstić information content (AvgIpc) is 3.18. The summed E-state index contributed by atoms with van der Waals surface area (Å²) < 4.78 is 7.78. The first kappa shape index (κ1) is 17.4. The molecule has 0 aliphatic carbocycles. The van der Waals surface area contributed by atoms with Gasteiger partial charge in [0.05, 0.1) is 19.0 Å². The van der Waals surface area contributed by atoms with Crippen LogP contribution in [0.4, 0.5) is 5.82 Å². The summed E-state index contributed by atoms with van der Waals surface area (Å²) in [7, 11) is 1.86. The molecule has 2 aromatic heterocycles. The maximum absolute atomic E-state index is 12.4. The molecule has 1 amide bonds. The molecule has 25 heavy (non-hydrogen) atoms. The minimum Gasteiger partial charge on any atom is -0.375 e. The highest BCUT2D eigenvalue weighted by molar-refractivity contribution is 5.76. The number of nitrogens with zero attached hydrogens (tertiary/aromatic N) is 4. The molecule has 0 saturated carbocycles. The molecule has 3 heterocycles. The number of anilines is 1. The van der Waals surface area contributed by atoms with Crippen molar-refractivity contribution in [3.63, 3.8) is 0 Å². The topological polar surface area (TPSA) is 72.3 Å². The Morgan fingerprint density at radius 3 is 3.16 bits per heavy atom. The second kappa shape index (κ2) is 8.62. The summed E-state index contributed by atoms with van der Waals surface area (Å²) in [6, 6.07) is 4.08. The van der Waals surface area contributed by atoms with Crippen LogP contribution in [0.25, 0.3) is 0 Å². The van der Waals surface area contributed by atoms with Crippen molar-refractivity contribution in [2.45, 2.75) is 31.9 Å². The number of hydrogen-bond donors (Lipinski definition) is 1. The smallest absolute Gasteiger partial charge is 0.224 e. The van der Waals surface area contributed by atoms with E-state index in [0.717, 1.165) is 18.7 Å². The molecule has 3 rings (SSSR count). The molecule has 0 bridgehead atoms. The summed E-state index contributed by atoms with van der Waals surface area (Å²) in [5, 5.41) is 3.05. The van der Waals surface area contributed by atoms with Crippen LogP contribution in [0.5, 0.6) is 0 Å². The molecule has 2 aromatic rings. The van der Waals surface area contributed by atoms with Crippen molar-refractivity contribution in [3.8, 4) is 0 Å². The maximum atomic E-state index is 12.4. The van der Waals surface area contributed by atoms with Crippen LogP contribution in [-0.4, -0.2) is 58.2 Å². The Kier molecular flexibility index (Phi) is 6.00. The summed E-state index contributed by atoms with van der Waals surface area (Å²) in [6.07, 6.45) is 9.57. The lowest BCUT2D eigenvalue weighted by Gasteiger charge is -2.33. The number of pyridine rings is 1. The molecule has 0 unspecified atom stereocenters. The van der Waals surface area contributed by atoms with E-state index in [1.165, 1.54) is 5.56 Å². The van der Waals surface area contributed by atoms with E-state index >= 15 is 0 Å². The molecule has 7 nitrogen and oxygen atoms in total. The van der Waals surface area contributed by atoms with Crippen molar-refractivity contribution in [2.75, 3.05) is 32.1 Å². The van der Waals surface area contributed by atoms with E-state index in [1.54, 1.807) is 12.5 Å². The number of amides is 1. The number of aryl methyl sites for hydroxylation is 2. The molecule has 0 radical (unpaired) electrons. The summed E-state index contributed by atoms with van der Waals surface area (Å²) >= 11 is 0. The monoisotopic (exact) mass is 343 g/mol. The highest BCUT2D eigenvalue weighted by Gasteiger charge is 2.23. The first-order valence-electron chi connectivity index (χ1n) is 8.72. The number of morpholine rings is 1. The van der Waals surface area contributed by atoms with Crippen LogP contribution in [0.1, 0.15) is 18.4 Å². The van der Waals surface area contributed by atoms with Crippen LogP contribution in [-0.2, 0) is 22.5 Å². The van der Waals surface area contributed by atoms with E-state index in [4.69, 9.17) is 4.74 Å². The van der Waals surface area contributed by atoms with Crippen molar-refractivity contribution < 1.29 is 9.53 Å². The van der Waals surface area contributed by atoms with E-state index < -0.39 is 0 Å². The highest BCUT2D eigenvalue weighted by atomic mass is 16.5. The number of ether oxygens (including phenoxy) is 1. The van der Waals surface area contributed by atoms with Crippen LogP contribution < -0.4 is 5.32 Å². The third kappa shape index (κ3) is 5.03. The van der Waals surface area contributed by atoms with Crippen LogP contribution >= 0.6 is 0 Å². The fourth-order valence-corrected chi connectivity index (χ4v) is 3.02. The van der Waals surface area contributed by atoms with Gasteiger partial charge in [-0.15, -0.1) is 0 Å². The fourth-order valence-electron chi connectivity index (χ4n) is 3.02. The predicted octanol–water partition coefficient (Wildman–Crippen LogP) is 1.57. The summed E-state index contributed by atoms with van der Waals surface area (Å²) in [5.74, 6) is 1.06. The maximum Gasteiger partial charge on any atom is 0.224 e. The number of carbonyl (C=O) groups excluding carboxylic acids is 1. The lowest BCUT2D eigenvalue weighted by Crippen LogP contribution is -2.45. The molecule has 134 valence electrons. The van der Waals surface area contributed by atoms with Gasteiger partial charge in [0.25, 0.3) is 0 Å². The normalized spacial score (nSPS) is 17.5. The van der Waals surface area contributed by atoms with Gasteiger partial charge < -0.3 is 19.5 Å². The van der Waals surface area contributed by atoms with Gasteiger partial charge in [0, 0.05) is 51.7 Å². The lowest BCUT2D eigenvalue weighted by molar-refractivity contribution is -0.139. The van der Waals surface area contributed by atoms with E-state index in [1.807, 2.05) is 35.0 Å². The number of nitrogens with one attached hydrogen (secondary N) is 1. The molecule has 1 N–H and O–H groups in total. The molecule has 0 spiro atoms. The van der Waals surface area contributed by atoms with E-state index in [0.29, 0.717) is 32.7 Å². The molecule has 1 atom stereocenters. The van der Waals surface area contributed by atoms with E-state index in [-0.39, 0.29) is 12.0 Å². The summed E-state index contributed by atoms with van der Waals surface area (Å²) in [4.78, 5) is 22.6. The van der Waals surface area contributed by atoms with Crippen molar-refractivity contribution in [1.29, 1.82) is 0 Å². The van der Waals surface area contributed by atoms with E-state index in [2.05, 4.69) is 21.4 Å². The Morgan fingerprint density at radius 2 is 2.36 bits per heavy atom. The predicted molar refractivity (Wildman–Crippen MR) is 95.3 cm³/mol. The zero-order valence-electron chi connectivity index (χ0n) is 14.6. The van der Waals surface area contributed by atoms with E-state index in [9.17, 15) is 4.79 Å². The molecule has 7 heteroatoms. The van der Waals surface area contributed by atoms with Gasteiger partial charge in [0.15, 0.2) is 0 Å². The highest BCUT2D eigenvalue weighted by Crippen LogP contribution is 2.15. The minimum atomic E-state index is 0.0946. The average molecular weight is 343 g/mol. The molecular weight excluding hydrogens is 318 g/mol. The number of aromatic nitrogens is 3. The number of imidazole rings is 1. The van der Waals surface area contributed by atoms with Crippen molar-refractivity contribution in [2.24, 2.45) is 0 Å². The summed E-state index contributed by atoms with van der Waals surface area (Å²) in [6.45, 7) is 2.63. The van der Waals surface area contributed by atoms with Crippen LogP contribution in [0.15, 0.2) is 37.1 Å². The number of hydrogen-bond acceptors (Lipinski definition) is 5. The van der Waals surface area contributed by atoms with Crippen LogP contribution in [0.3, 0.4) is 0 Å². The van der Waals surface area contributed by atoms with Gasteiger partial charge in [-0.05, 0) is 30.5 Å². The molecule has 1 aliphatic heterocycles. The zero-order chi connectivity index (χ0) is 17.5. The second-order valence-electron chi connectivity index (χ2n) is 6.22. The van der Waals surface area contributed by atoms with Crippen LogP contribution in [0, 0.1) is 0 Å². The lowest BCUT2D eigenvalue weighted by atomic mass is 10.1. The van der Waals surface area contributed by atoms with Gasteiger partial charge in [-0.3, -0.25) is 4.79 Å². The molecule has 1 saturated heterocycles. The van der Waals surface area contributed by atoms with Crippen molar-refractivity contribution in [1.82, 2.24) is 19.4 Å². The van der Waals surface area contributed by atoms with Gasteiger partial charge in [-0.2, -0.15) is 0 Å². The number of carbonyl (C=O) groups is 1. The number of rotatable bonds is 7. The van der Waals surface area contributed by atoms with Crippen molar-refractivity contribution in [3.05, 3.63) is 42.6 Å². The summed E-state index contributed by atoms with van der Waals surface area (Å²) in [5.41, 5.74) is 1.23. The van der Waals surface area contributed by atoms with Gasteiger partial charge in [0.1, 0.15) is 5.82 Å². The largest absolute Gasteiger partial charge is 0.375 e. The fraction of sp³-hybridized carbons (Fsp3) is 0.500. The first-order chi connectivity index (χ1) is 12.2. The molecule has 1 fully saturated rings. The van der Waals surface area contributed by atoms with Crippen LogP contribution in [0.2, 0.25) is 0 Å². The third-order valence-corrected chi connectivity index (χ3v) is 4.47. The Labute approximate surface area is 148 Å².